The normalized spacial score (nSPS) is 11.3. The van der Waals surface area contributed by atoms with Gasteiger partial charge >= 0.3 is 11.9 Å². The number of thioether (sulfide) groups is 1. The molecule has 0 saturated heterocycles. The molecule has 1 N–H and O–H groups in total. The number of benzene rings is 3. The summed E-state index contributed by atoms with van der Waals surface area (Å²) in [5.41, 5.74) is 1.64. The molecule has 6 nitrogen and oxygen atoms in total. The van der Waals surface area contributed by atoms with Gasteiger partial charge in [-0.15, -0.1) is 11.8 Å². The molecule has 158 valence electrons. The zero-order valence-corrected chi connectivity index (χ0v) is 17.6. The minimum Gasteiger partial charge on any atom is -0.465 e. The van der Waals surface area contributed by atoms with Gasteiger partial charge in [-0.3, -0.25) is 9.59 Å². The van der Waals surface area contributed by atoms with Crippen LogP contribution in [0.2, 0.25) is 0 Å². The van der Waals surface area contributed by atoms with Gasteiger partial charge in [-0.2, -0.15) is 0 Å². The zero-order valence-electron chi connectivity index (χ0n) is 16.8. The molecule has 0 aliphatic carbocycles. The van der Waals surface area contributed by atoms with E-state index in [1.54, 1.807) is 12.1 Å². The Balaban J connectivity index is 1.61. The smallest absolute Gasteiger partial charge is 0.337 e. The Bertz CT molecular complexity index is 1020. The highest BCUT2D eigenvalue weighted by molar-refractivity contribution is 8.00. The van der Waals surface area contributed by atoms with E-state index in [9.17, 15) is 14.4 Å². The zero-order chi connectivity index (χ0) is 22.1. The number of anilines is 1. The fraction of sp³-hybridized carbons (Fsp3) is 0.125. The molecule has 0 spiro atoms. The molecule has 0 radical (unpaired) electrons. The molecule has 0 saturated carbocycles. The van der Waals surface area contributed by atoms with E-state index in [-0.39, 0.29) is 0 Å². The topological polar surface area (TPSA) is 81.7 Å². The van der Waals surface area contributed by atoms with Crippen LogP contribution in [0, 0.1) is 0 Å². The number of amides is 1. The second kappa shape index (κ2) is 11.0. The van der Waals surface area contributed by atoms with Crippen molar-refractivity contribution in [2.45, 2.75) is 10.1 Å². The molecule has 0 aliphatic heterocycles. The van der Waals surface area contributed by atoms with E-state index < -0.39 is 29.7 Å². The summed E-state index contributed by atoms with van der Waals surface area (Å²) in [6.07, 6.45) is 0. The van der Waals surface area contributed by atoms with Gasteiger partial charge in [0.05, 0.1) is 12.7 Å². The Labute approximate surface area is 184 Å². The SMILES string of the molecule is COC(=O)c1ccc(NC(=O)COC(=O)C(Sc2ccccc2)c2ccccc2)cc1. The molecule has 0 bridgehead atoms. The van der Waals surface area contributed by atoms with Crippen molar-refractivity contribution in [2.75, 3.05) is 19.0 Å². The summed E-state index contributed by atoms with van der Waals surface area (Å²) in [4.78, 5) is 37.4. The molecule has 31 heavy (non-hydrogen) atoms. The number of methoxy groups -OCH3 is 1. The lowest BCUT2D eigenvalue weighted by Crippen LogP contribution is -2.23. The van der Waals surface area contributed by atoms with E-state index in [0.29, 0.717) is 11.3 Å². The monoisotopic (exact) mass is 435 g/mol. The maximum absolute atomic E-state index is 12.8. The number of nitrogens with one attached hydrogen (secondary N) is 1. The third-order valence-corrected chi connectivity index (χ3v) is 5.49. The third-order valence-electron chi connectivity index (χ3n) is 4.25. The maximum Gasteiger partial charge on any atom is 0.337 e. The summed E-state index contributed by atoms with van der Waals surface area (Å²) < 4.78 is 9.94. The van der Waals surface area contributed by atoms with Crippen LogP contribution in [-0.2, 0) is 19.1 Å². The van der Waals surface area contributed by atoms with E-state index in [1.165, 1.54) is 31.0 Å². The molecule has 0 aromatic heterocycles. The fourth-order valence-electron chi connectivity index (χ4n) is 2.73. The van der Waals surface area contributed by atoms with Gasteiger partial charge in [0.2, 0.25) is 0 Å². The van der Waals surface area contributed by atoms with Crippen LogP contribution in [0.15, 0.2) is 89.8 Å². The van der Waals surface area contributed by atoms with Gasteiger partial charge in [0.25, 0.3) is 5.91 Å². The predicted molar refractivity (Wildman–Crippen MR) is 119 cm³/mol. The largest absolute Gasteiger partial charge is 0.465 e. The van der Waals surface area contributed by atoms with Gasteiger partial charge in [0.1, 0.15) is 5.25 Å². The molecule has 0 fully saturated rings. The Morgan fingerprint density at radius 3 is 2.10 bits per heavy atom. The highest BCUT2D eigenvalue weighted by Gasteiger charge is 2.24. The molecule has 1 unspecified atom stereocenters. The van der Waals surface area contributed by atoms with Crippen molar-refractivity contribution >= 4 is 35.3 Å². The van der Waals surface area contributed by atoms with E-state index in [4.69, 9.17) is 4.74 Å². The first-order valence-corrected chi connectivity index (χ1v) is 10.4. The van der Waals surface area contributed by atoms with Crippen LogP contribution in [0.5, 0.6) is 0 Å². The molecule has 0 aliphatic rings. The lowest BCUT2D eigenvalue weighted by molar-refractivity contribution is -0.146. The fourth-order valence-corrected chi connectivity index (χ4v) is 3.78. The first kappa shape index (κ1) is 22.1. The quantitative estimate of drug-likeness (QED) is 0.415. The minimum atomic E-state index is -0.601. The van der Waals surface area contributed by atoms with Crippen LogP contribution in [0.1, 0.15) is 21.2 Å². The van der Waals surface area contributed by atoms with E-state index >= 15 is 0 Å². The molecule has 0 heterocycles. The minimum absolute atomic E-state index is 0.371. The van der Waals surface area contributed by atoms with Gasteiger partial charge in [-0.05, 0) is 42.0 Å². The molecular weight excluding hydrogens is 414 g/mol. The van der Waals surface area contributed by atoms with Crippen molar-refractivity contribution in [3.63, 3.8) is 0 Å². The summed E-state index contributed by atoms with van der Waals surface area (Å²) in [7, 11) is 1.30. The predicted octanol–water partition coefficient (Wildman–Crippen LogP) is 4.49. The van der Waals surface area contributed by atoms with Crippen LogP contribution < -0.4 is 5.32 Å². The van der Waals surface area contributed by atoms with E-state index in [1.807, 2.05) is 60.7 Å². The molecule has 3 aromatic rings. The van der Waals surface area contributed by atoms with E-state index in [0.717, 1.165) is 10.5 Å². The molecule has 7 heteroatoms. The van der Waals surface area contributed by atoms with Crippen molar-refractivity contribution in [3.8, 4) is 0 Å². The lowest BCUT2D eigenvalue weighted by Gasteiger charge is -2.16. The van der Waals surface area contributed by atoms with Crippen LogP contribution in [0.3, 0.4) is 0 Å². The molecular formula is C24H21NO5S. The van der Waals surface area contributed by atoms with Crippen LogP contribution in [-0.4, -0.2) is 31.6 Å². The number of hydrogen-bond acceptors (Lipinski definition) is 6. The summed E-state index contributed by atoms with van der Waals surface area (Å²) in [5, 5.41) is 2.03. The Hall–Kier alpha value is -3.58. The third kappa shape index (κ3) is 6.45. The van der Waals surface area contributed by atoms with Crippen molar-refractivity contribution in [1.82, 2.24) is 0 Å². The van der Waals surface area contributed by atoms with Gasteiger partial charge in [0.15, 0.2) is 6.61 Å². The summed E-state index contributed by atoms with van der Waals surface area (Å²) in [5.74, 6) is -1.44. The Morgan fingerprint density at radius 2 is 1.48 bits per heavy atom. The lowest BCUT2D eigenvalue weighted by atomic mass is 10.1. The van der Waals surface area contributed by atoms with Crippen molar-refractivity contribution in [2.24, 2.45) is 0 Å². The molecule has 1 atom stereocenters. The number of ether oxygens (including phenoxy) is 2. The van der Waals surface area contributed by atoms with E-state index in [2.05, 4.69) is 10.1 Å². The maximum atomic E-state index is 12.8. The second-order valence-electron chi connectivity index (χ2n) is 6.45. The van der Waals surface area contributed by atoms with Gasteiger partial charge < -0.3 is 14.8 Å². The van der Waals surface area contributed by atoms with Crippen molar-refractivity contribution < 1.29 is 23.9 Å². The summed E-state index contributed by atoms with van der Waals surface area (Å²) in [6.45, 7) is -0.420. The van der Waals surface area contributed by atoms with Crippen LogP contribution in [0.4, 0.5) is 5.69 Å². The average Bonchev–Trinajstić information content (AvgIpc) is 2.82. The highest BCUT2D eigenvalue weighted by atomic mass is 32.2. The number of hydrogen-bond donors (Lipinski definition) is 1. The van der Waals surface area contributed by atoms with Gasteiger partial charge in [-0.1, -0.05) is 48.5 Å². The highest BCUT2D eigenvalue weighted by Crippen LogP contribution is 2.36. The Morgan fingerprint density at radius 1 is 0.871 bits per heavy atom. The Kier molecular flexibility index (Phi) is 7.84. The number of rotatable bonds is 8. The average molecular weight is 436 g/mol. The van der Waals surface area contributed by atoms with Crippen molar-refractivity contribution in [3.05, 3.63) is 96.1 Å². The van der Waals surface area contributed by atoms with Gasteiger partial charge in [0, 0.05) is 10.6 Å². The summed E-state index contributed by atoms with van der Waals surface area (Å²) in [6, 6.07) is 25.0. The molecule has 3 rings (SSSR count). The second-order valence-corrected chi connectivity index (χ2v) is 7.62. The number of carbonyl (C=O) groups excluding carboxylic acids is 3. The first-order valence-electron chi connectivity index (χ1n) is 9.48. The molecule has 3 aromatic carbocycles. The number of esters is 2. The molecule has 1 amide bonds. The first-order chi connectivity index (χ1) is 15.1. The van der Waals surface area contributed by atoms with Crippen LogP contribution in [0.25, 0.3) is 0 Å². The number of carbonyl (C=O) groups is 3. The van der Waals surface area contributed by atoms with Crippen molar-refractivity contribution in [1.29, 1.82) is 0 Å². The summed E-state index contributed by atoms with van der Waals surface area (Å²) >= 11 is 1.36. The van der Waals surface area contributed by atoms with Gasteiger partial charge in [-0.25, -0.2) is 4.79 Å². The van der Waals surface area contributed by atoms with Crippen LogP contribution >= 0.6 is 11.8 Å². The standard InChI is InChI=1S/C24H21NO5S/c1-29-23(27)18-12-14-19(15-13-18)25-21(26)16-30-24(28)22(17-8-4-2-5-9-17)31-20-10-6-3-7-11-20/h2-15,22H,16H2,1H3,(H,25,26).